The van der Waals surface area contributed by atoms with Crippen molar-refractivity contribution in [2.75, 3.05) is 0 Å². The summed E-state index contributed by atoms with van der Waals surface area (Å²) in [7, 11) is -4.75. The first-order chi connectivity index (χ1) is 12.7. The Morgan fingerprint density at radius 3 is 2.74 bits per heavy atom. The lowest BCUT2D eigenvalue weighted by Crippen LogP contribution is -2.25. The molecule has 2 rings (SSSR count). The van der Waals surface area contributed by atoms with Gasteiger partial charge in [0.2, 0.25) is 5.91 Å². The smallest absolute Gasteiger partial charge is 0.332 e. The van der Waals surface area contributed by atoms with E-state index in [1.807, 2.05) is 19.1 Å². The maximum atomic E-state index is 12.5. The number of rotatable bonds is 7. The molecule has 0 saturated carbocycles. The Bertz CT molecular complexity index is 987. The summed E-state index contributed by atoms with van der Waals surface area (Å²) in [5.41, 5.74) is -0.751. The summed E-state index contributed by atoms with van der Waals surface area (Å²) in [5.74, 6) is -0.801. The Balaban J connectivity index is 2.26. The molecule has 0 spiro atoms. The minimum absolute atomic E-state index is 0.253. The van der Waals surface area contributed by atoms with E-state index in [1.54, 1.807) is 35.7 Å². The van der Waals surface area contributed by atoms with Crippen molar-refractivity contribution >= 4 is 46.5 Å². The minimum atomic E-state index is -4.75. The quantitative estimate of drug-likeness (QED) is 0.427. The Hall–Kier alpha value is -1.95. The first kappa shape index (κ1) is 21.4. The molecule has 0 bridgehead atoms. The van der Waals surface area contributed by atoms with E-state index >= 15 is 0 Å². The van der Waals surface area contributed by atoms with Gasteiger partial charge in [-0.1, -0.05) is 42.5 Å². The Labute approximate surface area is 166 Å². The molecular formula is C19H19ClNO4PS. The van der Waals surface area contributed by atoms with E-state index in [-0.39, 0.29) is 5.56 Å². The molecule has 0 aliphatic carbocycles. The van der Waals surface area contributed by atoms with Crippen LogP contribution in [0.2, 0.25) is 5.02 Å². The molecule has 3 N–H and O–H groups in total. The zero-order chi connectivity index (χ0) is 20.0. The fourth-order valence-electron chi connectivity index (χ4n) is 2.36. The first-order valence-corrected chi connectivity index (χ1v) is 10.8. The van der Waals surface area contributed by atoms with Crippen LogP contribution < -0.4 is 5.32 Å². The summed E-state index contributed by atoms with van der Waals surface area (Å²) in [6, 6.07) is 5.04. The fourth-order valence-corrected chi connectivity index (χ4v) is 4.56. The predicted molar refractivity (Wildman–Crippen MR) is 112 cm³/mol. The number of thiophene rings is 1. The zero-order valence-electron chi connectivity index (χ0n) is 14.5. The van der Waals surface area contributed by atoms with E-state index in [0.29, 0.717) is 16.0 Å². The average Bonchev–Trinajstić information content (AvgIpc) is 2.97. The topological polar surface area (TPSA) is 86.6 Å². The van der Waals surface area contributed by atoms with Gasteiger partial charge in [0.05, 0.1) is 0 Å². The molecular weight excluding hydrogens is 405 g/mol. The van der Waals surface area contributed by atoms with Crippen molar-refractivity contribution in [3.8, 4) is 0 Å². The Kier molecular flexibility index (Phi) is 7.36. The monoisotopic (exact) mass is 423 g/mol. The second kappa shape index (κ2) is 9.31. The SMILES string of the molecule is C=C(C=CNC(=O)C(c1csc2ccc(Cl)cc12)P(=O)(O)O)/C=C\C=CC. The highest BCUT2D eigenvalue weighted by Gasteiger charge is 2.38. The van der Waals surface area contributed by atoms with Gasteiger partial charge in [-0.15, -0.1) is 11.3 Å². The van der Waals surface area contributed by atoms with E-state index in [9.17, 15) is 19.1 Å². The normalized spacial score (nSPS) is 13.8. The van der Waals surface area contributed by atoms with Crippen LogP contribution in [0.25, 0.3) is 10.1 Å². The molecule has 5 nitrogen and oxygen atoms in total. The number of carbonyl (C=O) groups excluding carboxylic acids is 1. The molecule has 1 heterocycles. The molecule has 2 aromatic rings. The van der Waals surface area contributed by atoms with Crippen molar-refractivity contribution in [3.05, 3.63) is 82.9 Å². The van der Waals surface area contributed by atoms with E-state index in [0.717, 1.165) is 4.70 Å². The van der Waals surface area contributed by atoms with Gasteiger partial charge in [-0.05, 0) is 53.1 Å². The summed E-state index contributed by atoms with van der Waals surface area (Å²) in [6.07, 6.45) is 10.1. The molecule has 1 atom stereocenters. The van der Waals surface area contributed by atoms with Crippen LogP contribution in [-0.4, -0.2) is 15.7 Å². The van der Waals surface area contributed by atoms with Crippen molar-refractivity contribution in [1.82, 2.24) is 5.32 Å². The summed E-state index contributed by atoms with van der Waals surface area (Å²) in [5, 5.41) is 4.98. The number of allylic oxidation sites excluding steroid dienone is 6. The van der Waals surface area contributed by atoms with Crippen LogP contribution in [0.3, 0.4) is 0 Å². The van der Waals surface area contributed by atoms with E-state index in [4.69, 9.17) is 11.6 Å². The van der Waals surface area contributed by atoms with E-state index < -0.39 is 19.2 Å². The van der Waals surface area contributed by atoms with Crippen molar-refractivity contribution in [2.24, 2.45) is 0 Å². The highest BCUT2D eigenvalue weighted by atomic mass is 35.5. The van der Waals surface area contributed by atoms with Crippen LogP contribution in [0, 0.1) is 0 Å². The number of benzene rings is 1. The summed E-state index contributed by atoms with van der Waals surface area (Å²) in [6.45, 7) is 5.67. The van der Waals surface area contributed by atoms with E-state index in [1.165, 1.54) is 23.6 Å². The van der Waals surface area contributed by atoms with Crippen molar-refractivity contribution < 1.29 is 19.1 Å². The fraction of sp³-hybridized carbons (Fsp3) is 0.105. The number of amides is 1. The molecule has 8 heteroatoms. The van der Waals surface area contributed by atoms with Crippen LogP contribution in [0.15, 0.2) is 72.3 Å². The number of halogens is 1. The summed E-state index contributed by atoms with van der Waals surface area (Å²) < 4.78 is 12.8. The maximum absolute atomic E-state index is 12.5. The summed E-state index contributed by atoms with van der Waals surface area (Å²) in [4.78, 5) is 32.0. The Morgan fingerprint density at radius 2 is 2.07 bits per heavy atom. The number of carbonyl (C=O) groups is 1. The highest BCUT2D eigenvalue weighted by molar-refractivity contribution is 7.53. The third-order valence-corrected chi connectivity index (χ3v) is 5.98. The van der Waals surface area contributed by atoms with Gasteiger partial charge < -0.3 is 15.1 Å². The lowest BCUT2D eigenvalue weighted by Gasteiger charge is -2.16. The molecule has 0 saturated heterocycles. The predicted octanol–water partition coefficient (Wildman–Crippen LogP) is 5.09. The van der Waals surface area contributed by atoms with Gasteiger partial charge in [-0.3, -0.25) is 9.36 Å². The number of fused-ring (bicyclic) bond motifs is 1. The molecule has 0 aliphatic rings. The van der Waals surface area contributed by atoms with Crippen LogP contribution in [0.1, 0.15) is 18.1 Å². The molecule has 1 aromatic carbocycles. The van der Waals surface area contributed by atoms with Gasteiger partial charge in [-0.2, -0.15) is 0 Å². The largest absolute Gasteiger partial charge is 0.342 e. The molecule has 0 aliphatic heterocycles. The lowest BCUT2D eigenvalue weighted by atomic mass is 10.1. The van der Waals surface area contributed by atoms with Gasteiger partial charge in [0, 0.05) is 15.9 Å². The van der Waals surface area contributed by atoms with Crippen LogP contribution in [-0.2, 0) is 9.36 Å². The third-order valence-electron chi connectivity index (χ3n) is 3.58. The molecule has 142 valence electrons. The van der Waals surface area contributed by atoms with Gasteiger partial charge in [-0.25, -0.2) is 0 Å². The molecule has 1 aromatic heterocycles. The van der Waals surface area contributed by atoms with Gasteiger partial charge in [0.1, 0.15) is 0 Å². The molecule has 0 radical (unpaired) electrons. The standard InChI is InChI=1S/C19H19ClNO4PS/c1-3-4-5-6-13(2)9-10-21-19(22)18(26(23,24)25)16-12-27-17-8-7-14(20)11-15(16)17/h3-12,18H,2H2,1H3,(H,21,22)(H2,23,24,25)/b4-3?,6-5-,10-9?. The minimum Gasteiger partial charge on any atom is -0.332 e. The number of nitrogens with one attached hydrogen (secondary N) is 1. The van der Waals surface area contributed by atoms with E-state index in [2.05, 4.69) is 11.9 Å². The molecule has 27 heavy (non-hydrogen) atoms. The molecule has 0 fully saturated rings. The number of hydrogen-bond donors (Lipinski definition) is 3. The zero-order valence-corrected chi connectivity index (χ0v) is 17.0. The van der Waals surface area contributed by atoms with Gasteiger partial charge >= 0.3 is 7.60 Å². The van der Waals surface area contributed by atoms with Crippen molar-refractivity contribution in [2.45, 2.75) is 12.6 Å². The Morgan fingerprint density at radius 1 is 1.33 bits per heavy atom. The van der Waals surface area contributed by atoms with Crippen molar-refractivity contribution in [1.29, 1.82) is 0 Å². The molecule has 1 amide bonds. The highest BCUT2D eigenvalue weighted by Crippen LogP contribution is 2.54. The average molecular weight is 424 g/mol. The third kappa shape index (κ3) is 5.76. The van der Waals surface area contributed by atoms with Crippen LogP contribution >= 0.6 is 30.5 Å². The maximum Gasteiger partial charge on any atom is 0.342 e. The lowest BCUT2D eigenvalue weighted by molar-refractivity contribution is -0.120. The van der Waals surface area contributed by atoms with Gasteiger partial charge in [0.15, 0.2) is 5.66 Å². The van der Waals surface area contributed by atoms with Crippen LogP contribution in [0.4, 0.5) is 0 Å². The van der Waals surface area contributed by atoms with Crippen molar-refractivity contribution in [3.63, 3.8) is 0 Å². The second-order valence-electron chi connectivity index (χ2n) is 5.62. The summed E-state index contributed by atoms with van der Waals surface area (Å²) >= 11 is 7.29. The van der Waals surface area contributed by atoms with Gasteiger partial charge in [0.25, 0.3) is 0 Å². The van der Waals surface area contributed by atoms with Crippen LogP contribution in [0.5, 0.6) is 0 Å². The first-order valence-electron chi connectivity index (χ1n) is 7.91. The molecule has 1 unspecified atom stereocenters. The number of hydrogen-bond acceptors (Lipinski definition) is 3. The second-order valence-corrected chi connectivity index (χ2v) is 8.67.